The van der Waals surface area contributed by atoms with Gasteiger partial charge in [-0.2, -0.15) is 0 Å². The fourth-order valence-corrected chi connectivity index (χ4v) is 9.42. The molecule has 0 atom stereocenters. The summed E-state index contributed by atoms with van der Waals surface area (Å²) in [6, 6.07) is 72.7. The van der Waals surface area contributed by atoms with Crippen molar-refractivity contribution in [1.82, 2.24) is 19.5 Å². The number of fused-ring (bicyclic) bond motifs is 10. The van der Waals surface area contributed by atoms with E-state index in [2.05, 4.69) is 205 Å². The quantitative estimate of drug-likeness (QED) is 0.174. The van der Waals surface area contributed by atoms with Crippen molar-refractivity contribution in [2.45, 2.75) is 0 Å². The van der Waals surface area contributed by atoms with Crippen molar-refractivity contribution in [3.05, 3.63) is 206 Å². The van der Waals surface area contributed by atoms with E-state index in [-0.39, 0.29) is 0 Å². The van der Waals surface area contributed by atoms with Crippen LogP contribution >= 0.6 is 0 Å². The Morgan fingerprint density at radius 1 is 0.323 bits per heavy atom. The summed E-state index contributed by atoms with van der Waals surface area (Å²) in [5, 5.41) is 11.2. The topological polar surface area (TPSA) is 56.7 Å². The van der Waals surface area contributed by atoms with E-state index >= 15 is 0 Å². The minimum absolute atomic E-state index is 0.573. The maximum atomic E-state index is 7.22. The summed E-state index contributed by atoms with van der Waals surface area (Å²) < 4.78 is 9.58. The highest BCUT2D eigenvalue weighted by molar-refractivity contribution is 6.21. The Balaban J connectivity index is 1.12. The van der Waals surface area contributed by atoms with Gasteiger partial charge in [0, 0.05) is 43.6 Å². The first-order valence-corrected chi connectivity index (χ1v) is 20.9. The Kier molecular flexibility index (Phi) is 7.54. The van der Waals surface area contributed by atoms with Crippen LogP contribution in [0.3, 0.4) is 0 Å². The lowest BCUT2D eigenvalue weighted by molar-refractivity contribution is 0.670. The van der Waals surface area contributed by atoms with Crippen molar-refractivity contribution >= 4 is 76.1 Å². The molecule has 0 fully saturated rings. The van der Waals surface area contributed by atoms with Crippen LogP contribution in [0.25, 0.3) is 127 Å². The molecule has 62 heavy (non-hydrogen) atoms. The van der Waals surface area contributed by atoms with E-state index in [9.17, 15) is 0 Å². The molecule has 0 saturated heterocycles. The Morgan fingerprint density at radius 3 is 1.76 bits per heavy atom. The minimum Gasteiger partial charge on any atom is -0.453 e. The number of benzene rings is 10. The lowest BCUT2D eigenvalue weighted by atomic mass is 10.0. The van der Waals surface area contributed by atoms with Gasteiger partial charge in [0.15, 0.2) is 23.1 Å². The van der Waals surface area contributed by atoms with E-state index < -0.39 is 0 Å². The van der Waals surface area contributed by atoms with Crippen molar-refractivity contribution in [1.29, 1.82) is 0 Å². The second-order valence-electron chi connectivity index (χ2n) is 16.0. The SMILES string of the molecule is c1ccc(-c2cccc(-c3nc(-c4ccc5ccccc5c4)nc(-c4ccc(-n5c6ccccc6c6cc7ccccc7cc65)c5oc6c7ccccc7ccc6c45)n3)c2)cc1. The average Bonchev–Trinajstić information content (AvgIpc) is 3.89. The number of aromatic nitrogens is 4. The van der Waals surface area contributed by atoms with Crippen molar-refractivity contribution in [2.24, 2.45) is 0 Å². The number of para-hydroxylation sites is 1. The van der Waals surface area contributed by atoms with Crippen LogP contribution in [0.5, 0.6) is 0 Å². The maximum absolute atomic E-state index is 7.22. The summed E-state index contributed by atoms with van der Waals surface area (Å²) in [6.45, 7) is 0. The van der Waals surface area contributed by atoms with Crippen LogP contribution in [0.15, 0.2) is 211 Å². The van der Waals surface area contributed by atoms with Gasteiger partial charge in [-0.05, 0) is 86.6 Å². The standard InChI is InChI=1S/C57H34N4O/c1-2-13-35(14-3-1)39-20-12-21-42(31-39)55-58-56(43-26-25-36-15-4-5-17-38(36)32-43)60-57(59-55)47-29-30-50(54-52(47)46-28-27-37-16-8-9-22-44(37)53(46)62-54)61-49-24-11-10-23-45(49)48-33-40-18-6-7-19-41(40)34-51(48)61/h1-34H. The molecule has 0 spiro atoms. The van der Waals surface area contributed by atoms with Gasteiger partial charge in [-0.15, -0.1) is 0 Å². The highest BCUT2D eigenvalue weighted by atomic mass is 16.3. The van der Waals surface area contributed by atoms with Crippen molar-refractivity contribution in [3.63, 3.8) is 0 Å². The molecule has 13 aromatic rings. The van der Waals surface area contributed by atoms with Crippen LogP contribution in [0.4, 0.5) is 0 Å². The molecule has 0 N–H and O–H groups in total. The van der Waals surface area contributed by atoms with E-state index in [0.717, 1.165) is 88.0 Å². The monoisotopic (exact) mass is 790 g/mol. The lowest BCUT2D eigenvalue weighted by Crippen LogP contribution is -2.01. The van der Waals surface area contributed by atoms with Crippen molar-refractivity contribution in [3.8, 4) is 51.0 Å². The molecule has 0 aliphatic heterocycles. The second kappa shape index (κ2) is 13.6. The van der Waals surface area contributed by atoms with Crippen LogP contribution in [0, 0.1) is 0 Å². The maximum Gasteiger partial charge on any atom is 0.164 e. The normalized spacial score (nSPS) is 11.9. The van der Waals surface area contributed by atoms with Crippen LogP contribution < -0.4 is 0 Å². The van der Waals surface area contributed by atoms with Gasteiger partial charge in [0.05, 0.1) is 16.7 Å². The van der Waals surface area contributed by atoms with Gasteiger partial charge in [-0.1, -0.05) is 158 Å². The van der Waals surface area contributed by atoms with Gasteiger partial charge in [-0.3, -0.25) is 0 Å². The van der Waals surface area contributed by atoms with Gasteiger partial charge in [-0.25, -0.2) is 15.0 Å². The van der Waals surface area contributed by atoms with E-state index in [1.54, 1.807) is 0 Å². The van der Waals surface area contributed by atoms with Crippen LogP contribution in [-0.2, 0) is 0 Å². The van der Waals surface area contributed by atoms with Gasteiger partial charge in [0.2, 0.25) is 0 Å². The predicted octanol–water partition coefficient (Wildman–Crippen LogP) is 15.0. The molecule has 5 nitrogen and oxygen atoms in total. The number of nitrogens with zero attached hydrogens (tertiary/aromatic N) is 4. The third-order valence-electron chi connectivity index (χ3n) is 12.4. The molecule has 0 unspecified atom stereocenters. The summed E-state index contributed by atoms with van der Waals surface area (Å²) in [4.78, 5) is 15.9. The average molecular weight is 791 g/mol. The largest absolute Gasteiger partial charge is 0.453 e. The number of hydrogen-bond donors (Lipinski definition) is 0. The Labute approximate surface area is 355 Å². The van der Waals surface area contributed by atoms with E-state index in [1.165, 1.54) is 21.5 Å². The summed E-state index contributed by atoms with van der Waals surface area (Å²) in [6.07, 6.45) is 0. The fraction of sp³-hybridized carbons (Fsp3) is 0. The smallest absolute Gasteiger partial charge is 0.164 e. The molecule has 0 aliphatic rings. The third kappa shape index (κ3) is 5.38. The second-order valence-corrected chi connectivity index (χ2v) is 16.0. The molecule has 5 heteroatoms. The first kappa shape index (κ1) is 34.5. The van der Waals surface area contributed by atoms with E-state index in [1.807, 2.05) is 6.07 Å². The predicted molar refractivity (Wildman–Crippen MR) is 256 cm³/mol. The molecule has 0 aliphatic carbocycles. The number of hydrogen-bond acceptors (Lipinski definition) is 4. The fourth-order valence-electron chi connectivity index (χ4n) is 9.42. The van der Waals surface area contributed by atoms with E-state index in [0.29, 0.717) is 17.5 Å². The molecule has 0 amide bonds. The van der Waals surface area contributed by atoms with Gasteiger partial charge in [0.25, 0.3) is 0 Å². The van der Waals surface area contributed by atoms with Crippen LogP contribution in [-0.4, -0.2) is 19.5 Å². The molecule has 0 radical (unpaired) electrons. The summed E-state index contributed by atoms with van der Waals surface area (Å²) in [7, 11) is 0. The molecule has 10 aromatic carbocycles. The summed E-state index contributed by atoms with van der Waals surface area (Å²) in [5.74, 6) is 1.77. The number of furan rings is 1. The molecule has 3 heterocycles. The Morgan fingerprint density at radius 2 is 0.935 bits per heavy atom. The molecular formula is C57H34N4O. The highest BCUT2D eigenvalue weighted by Crippen LogP contribution is 2.44. The molecule has 13 rings (SSSR count). The first-order valence-electron chi connectivity index (χ1n) is 20.9. The van der Waals surface area contributed by atoms with Crippen LogP contribution in [0.2, 0.25) is 0 Å². The van der Waals surface area contributed by atoms with Gasteiger partial charge < -0.3 is 8.98 Å². The number of rotatable bonds is 5. The highest BCUT2D eigenvalue weighted by Gasteiger charge is 2.24. The summed E-state index contributed by atoms with van der Waals surface area (Å²) in [5.41, 5.74) is 9.69. The van der Waals surface area contributed by atoms with Gasteiger partial charge in [0.1, 0.15) is 5.58 Å². The third-order valence-corrected chi connectivity index (χ3v) is 12.4. The Bertz CT molecular complexity index is 3940. The van der Waals surface area contributed by atoms with Crippen molar-refractivity contribution in [2.75, 3.05) is 0 Å². The zero-order valence-electron chi connectivity index (χ0n) is 33.3. The molecule has 0 bridgehead atoms. The molecule has 288 valence electrons. The van der Waals surface area contributed by atoms with Crippen LogP contribution in [0.1, 0.15) is 0 Å². The van der Waals surface area contributed by atoms with E-state index in [4.69, 9.17) is 19.4 Å². The first-order chi connectivity index (χ1) is 30.7. The van der Waals surface area contributed by atoms with Crippen molar-refractivity contribution < 1.29 is 4.42 Å². The molecule has 0 saturated carbocycles. The molecular weight excluding hydrogens is 757 g/mol. The zero-order chi connectivity index (χ0) is 40.7. The Hall–Kier alpha value is -8.41. The summed E-state index contributed by atoms with van der Waals surface area (Å²) >= 11 is 0. The van der Waals surface area contributed by atoms with Gasteiger partial charge >= 0.3 is 0 Å². The lowest BCUT2D eigenvalue weighted by Gasteiger charge is -2.13. The minimum atomic E-state index is 0.573. The zero-order valence-corrected chi connectivity index (χ0v) is 33.3. The molecule has 3 aromatic heterocycles.